The van der Waals surface area contributed by atoms with Crippen LogP contribution in [0.15, 0.2) is 36.5 Å². The zero-order chi connectivity index (χ0) is 20.8. The predicted octanol–water partition coefficient (Wildman–Crippen LogP) is 3.73. The van der Waals surface area contributed by atoms with Crippen LogP contribution in [-0.4, -0.2) is 34.9 Å². The number of hydrogen-bond acceptors (Lipinski definition) is 5. The summed E-state index contributed by atoms with van der Waals surface area (Å²) in [5.74, 6) is -1.81. The molecule has 10 heteroatoms. The normalized spacial score (nSPS) is 12.6. The number of rotatable bonds is 6. The number of anilines is 1. The van der Waals surface area contributed by atoms with Gasteiger partial charge in [0.1, 0.15) is 6.04 Å². The van der Waals surface area contributed by atoms with E-state index in [0.717, 1.165) is 0 Å². The van der Waals surface area contributed by atoms with E-state index in [0.29, 0.717) is 15.6 Å². The lowest BCUT2D eigenvalue weighted by Crippen LogP contribution is -2.42. The van der Waals surface area contributed by atoms with Crippen LogP contribution in [0.4, 0.5) is 5.82 Å². The van der Waals surface area contributed by atoms with Gasteiger partial charge in [0.25, 0.3) is 11.8 Å². The van der Waals surface area contributed by atoms with Gasteiger partial charge in [-0.1, -0.05) is 34.8 Å². The number of nitrogens with zero attached hydrogens (tertiary/aromatic N) is 1. The highest BCUT2D eigenvalue weighted by Gasteiger charge is 2.24. The Labute approximate surface area is 176 Å². The lowest BCUT2D eigenvalue weighted by molar-refractivity contribution is -0.154. The van der Waals surface area contributed by atoms with Gasteiger partial charge in [-0.2, -0.15) is 0 Å². The number of esters is 1. The van der Waals surface area contributed by atoms with E-state index in [1.165, 1.54) is 38.2 Å². The Morgan fingerprint density at radius 2 is 1.68 bits per heavy atom. The first-order valence-electron chi connectivity index (χ1n) is 8.06. The molecule has 0 saturated carbocycles. The number of nitrogens with one attached hydrogen (secondary N) is 2. The summed E-state index contributed by atoms with van der Waals surface area (Å²) in [5, 5.41) is 5.86. The largest absolute Gasteiger partial charge is 0.451 e. The van der Waals surface area contributed by atoms with Gasteiger partial charge in [0.2, 0.25) is 0 Å². The fraction of sp³-hybridized carbons (Fsp3) is 0.222. The molecule has 0 bridgehead atoms. The summed E-state index contributed by atoms with van der Waals surface area (Å²) in [6.07, 6.45) is 0.171. The van der Waals surface area contributed by atoms with E-state index in [4.69, 9.17) is 39.5 Å². The van der Waals surface area contributed by atoms with Crippen molar-refractivity contribution in [3.63, 3.8) is 0 Å². The third-order valence-electron chi connectivity index (χ3n) is 3.52. The van der Waals surface area contributed by atoms with Crippen LogP contribution in [-0.2, 0) is 14.3 Å². The Morgan fingerprint density at radius 3 is 2.29 bits per heavy atom. The summed E-state index contributed by atoms with van der Waals surface area (Å²) in [5.41, 5.74) is 0.332. The molecule has 2 N–H and O–H groups in total. The quantitative estimate of drug-likeness (QED) is 0.662. The van der Waals surface area contributed by atoms with E-state index >= 15 is 0 Å². The van der Waals surface area contributed by atoms with Crippen LogP contribution in [0.3, 0.4) is 0 Å². The topological polar surface area (TPSA) is 97.4 Å². The van der Waals surface area contributed by atoms with Crippen molar-refractivity contribution < 1.29 is 19.1 Å². The van der Waals surface area contributed by atoms with Gasteiger partial charge in [-0.3, -0.25) is 9.59 Å². The van der Waals surface area contributed by atoms with Crippen LogP contribution in [0.2, 0.25) is 15.1 Å². The number of carbonyl (C=O) groups is 3. The number of amides is 2. The van der Waals surface area contributed by atoms with Crippen molar-refractivity contribution in [2.45, 2.75) is 26.0 Å². The first-order chi connectivity index (χ1) is 13.2. The highest BCUT2D eigenvalue weighted by molar-refractivity contribution is 6.36. The molecule has 2 rings (SSSR count). The van der Waals surface area contributed by atoms with E-state index in [9.17, 15) is 14.4 Å². The zero-order valence-electron chi connectivity index (χ0n) is 14.8. The first-order valence-corrected chi connectivity index (χ1v) is 9.19. The molecule has 0 spiro atoms. The Kier molecular flexibility index (Phi) is 7.62. The van der Waals surface area contributed by atoms with Gasteiger partial charge in [-0.05, 0) is 44.2 Å². The van der Waals surface area contributed by atoms with Crippen LogP contribution in [0.5, 0.6) is 0 Å². The van der Waals surface area contributed by atoms with Gasteiger partial charge in [-0.25, -0.2) is 9.78 Å². The summed E-state index contributed by atoms with van der Waals surface area (Å²) in [7, 11) is 0. The molecule has 0 aliphatic heterocycles. The summed E-state index contributed by atoms with van der Waals surface area (Å²) < 4.78 is 5.08. The molecule has 1 heterocycles. The average molecular weight is 445 g/mol. The summed E-state index contributed by atoms with van der Waals surface area (Å²) in [6.45, 7) is 2.82. The van der Waals surface area contributed by atoms with Gasteiger partial charge >= 0.3 is 5.97 Å². The van der Waals surface area contributed by atoms with Crippen molar-refractivity contribution in [1.82, 2.24) is 10.3 Å². The molecule has 148 valence electrons. The Balaban J connectivity index is 1.90. The molecule has 0 radical (unpaired) electrons. The van der Waals surface area contributed by atoms with E-state index < -0.39 is 29.9 Å². The van der Waals surface area contributed by atoms with Crippen LogP contribution < -0.4 is 10.6 Å². The summed E-state index contributed by atoms with van der Waals surface area (Å²) in [6, 6.07) is 6.60. The maximum absolute atomic E-state index is 12.2. The molecule has 2 unspecified atom stereocenters. The second-order valence-electron chi connectivity index (χ2n) is 5.75. The number of carbonyl (C=O) groups excluding carboxylic acids is 3. The molecular formula is C18H16Cl3N3O4. The Morgan fingerprint density at radius 1 is 1.04 bits per heavy atom. The Hall–Kier alpha value is -2.35. The number of aromatic nitrogens is 1. The molecule has 0 aliphatic rings. The van der Waals surface area contributed by atoms with Gasteiger partial charge in [0.05, 0.1) is 10.0 Å². The lowest BCUT2D eigenvalue weighted by Gasteiger charge is -2.17. The highest BCUT2D eigenvalue weighted by Crippen LogP contribution is 2.22. The lowest BCUT2D eigenvalue weighted by atomic mass is 10.2. The number of benzene rings is 1. The second-order valence-corrected chi connectivity index (χ2v) is 7.03. The number of halogens is 3. The van der Waals surface area contributed by atoms with Crippen LogP contribution in [0, 0.1) is 0 Å². The van der Waals surface area contributed by atoms with Crippen molar-refractivity contribution in [3.05, 3.63) is 57.2 Å². The fourth-order valence-electron chi connectivity index (χ4n) is 1.99. The minimum atomic E-state index is -1.14. The molecule has 0 fully saturated rings. The van der Waals surface area contributed by atoms with Crippen molar-refractivity contribution >= 4 is 58.4 Å². The maximum atomic E-state index is 12.2. The molecule has 2 atom stereocenters. The van der Waals surface area contributed by atoms with E-state index in [2.05, 4.69) is 15.6 Å². The average Bonchev–Trinajstić information content (AvgIpc) is 2.64. The second kappa shape index (κ2) is 9.73. The van der Waals surface area contributed by atoms with Crippen molar-refractivity contribution in [2.24, 2.45) is 0 Å². The van der Waals surface area contributed by atoms with E-state index in [1.54, 1.807) is 12.1 Å². The number of pyridine rings is 1. The monoisotopic (exact) mass is 443 g/mol. The van der Waals surface area contributed by atoms with E-state index in [1.807, 2.05) is 0 Å². The van der Waals surface area contributed by atoms with Crippen LogP contribution in [0.1, 0.15) is 24.2 Å². The SMILES string of the molecule is CC(NC(=O)c1ccc(Cl)cc1)C(=O)OC(C)C(=O)Nc1ncc(Cl)cc1Cl. The van der Waals surface area contributed by atoms with Gasteiger partial charge in [-0.15, -0.1) is 0 Å². The van der Waals surface area contributed by atoms with E-state index in [-0.39, 0.29) is 10.8 Å². The molecular weight excluding hydrogens is 429 g/mol. The fourth-order valence-corrected chi connectivity index (χ4v) is 2.55. The van der Waals surface area contributed by atoms with Crippen LogP contribution in [0.25, 0.3) is 0 Å². The third-order valence-corrected chi connectivity index (χ3v) is 4.27. The minimum absolute atomic E-state index is 0.0862. The van der Waals surface area contributed by atoms with Crippen molar-refractivity contribution in [2.75, 3.05) is 5.32 Å². The molecule has 2 aromatic rings. The van der Waals surface area contributed by atoms with Gasteiger partial charge in [0, 0.05) is 16.8 Å². The summed E-state index contributed by atoms with van der Waals surface area (Å²) in [4.78, 5) is 40.3. The first kappa shape index (κ1) is 21.9. The molecule has 0 aliphatic carbocycles. The van der Waals surface area contributed by atoms with Crippen molar-refractivity contribution in [3.8, 4) is 0 Å². The predicted molar refractivity (Wildman–Crippen MR) is 107 cm³/mol. The summed E-state index contributed by atoms with van der Waals surface area (Å²) >= 11 is 17.4. The maximum Gasteiger partial charge on any atom is 0.329 e. The molecule has 2 amide bonds. The minimum Gasteiger partial charge on any atom is -0.451 e. The van der Waals surface area contributed by atoms with Crippen LogP contribution >= 0.6 is 34.8 Å². The van der Waals surface area contributed by atoms with Crippen molar-refractivity contribution in [1.29, 1.82) is 0 Å². The van der Waals surface area contributed by atoms with Gasteiger partial charge < -0.3 is 15.4 Å². The number of hydrogen-bond donors (Lipinski definition) is 2. The molecule has 28 heavy (non-hydrogen) atoms. The standard InChI is InChI=1S/C18H16Cl3N3O4/c1-9(23-17(26)11-3-5-12(19)6-4-11)18(27)28-10(2)16(25)24-15-14(21)7-13(20)8-22-15/h3-10H,1-2H3,(H,23,26)(H,22,24,25). The van der Waals surface area contributed by atoms with Gasteiger partial charge in [0.15, 0.2) is 11.9 Å². The molecule has 1 aromatic heterocycles. The molecule has 1 aromatic carbocycles. The number of ether oxygens (including phenoxy) is 1. The molecule has 0 saturated heterocycles. The third kappa shape index (κ3) is 6.09. The zero-order valence-corrected chi connectivity index (χ0v) is 17.1. The smallest absolute Gasteiger partial charge is 0.329 e. The molecule has 7 nitrogen and oxygen atoms in total. The highest BCUT2D eigenvalue weighted by atomic mass is 35.5. The Bertz CT molecular complexity index is 890.